The third-order valence-corrected chi connectivity index (χ3v) is 4.55. The highest BCUT2D eigenvalue weighted by Crippen LogP contribution is 2.29. The topological polar surface area (TPSA) is 78.3 Å². The van der Waals surface area contributed by atoms with Gasteiger partial charge in [-0.15, -0.1) is 5.10 Å². The summed E-state index contributed by atoms with van der Waals surface area (Å²) < 4.78 is 12.9. The molecule has 0 spiro atoms. The van der Waals surface area contributed by atoms with Crippen LogP contribution in [0.3, 0.4) is 0 Å². The second kappa shape index (κ2) is 6.24. The normalized spacial score (nSPS) is 19.6. The number of amides is 1. The van der Waals surface area contributed by atoms with Crippen molar-refractivity contribution in [3.63, 3.8) is 0 Å². The van der Waals surface area contributed by atoms with E-state index in [0.717, 1.165) is 23.6 Å². The van der Waals surface area contributed by atoms with Crippen molar-refractivity contribution in [3.05, 3.63) is 41.2 Å². The van der Waals surface area contributed by atoms with Crippen molar-refractivity contribution in [1.29, 1.82) is 0 Å². The van der Waals surface area contributed by atoms with Crippen LogP contribution in [0.1, 0.15) is 40.7 Å². The molecule has 0 saturated heterocycles. The lowest BCUT2D eigenvalue weighted by molar-refractivity contribution is -0.00179. The lowest BCUT2D eigenvalue weighted by Gasteiger charge is -2.24. The van der Waals surface area contributed by atoms with E-state index >= 15 is 0 Å². The molecule has 7 heteroatoms. The van der Waals surface area contributed by atoms with Crippen LogP contribution >= 0.6 is 0 Å². The Morgan fingerprint density at radius 2 is 2.17 bits per heavy atom. The smallest absolute Gasteiger partial charge is 0.273 e. The highest BCUT2D eigenvalue weighted by Gasteiger charge is 2.29. The number of benzene rings is 1. The molecule has 1 fully saturated rings. The molecular formula is C17H20N4O3. The van der Waals surface area contributed by atoms with Crippen molar-refractivity contribution >= 4 is 5.91 Å². The molecule has 24 heavy (non-hydrogen) atoms. The first-order valence-electron chi connectivity index (χ1n) is 8.20. The Kier molecular flexibility index (Phi) is 3.93. The molecule has 1 aromatic carbocycles. The molecule has 1 saturated carbocycles. The first-order chi connectivity index (χ1) is 11.7. The molecule has 1 atom stereocenters. The van der Waals surface area contributed by atoms with Gasteiger partial charge < -0.3 is 14.8 Å². The van der Waals surface area contributed by atoms with Crippen LogP contribution < -0.4 is 10.1 Å². The summed E-state index contributed by atoms with van der Waals surface area (Å²) in [4.78, 5) is 12.2. The SMILES string of the molecule is COc1ccc(C2Cn3nnc(C(=O)NCC4CC4)c3CO2)cc1. The summed E-state index contributed by atoms with van der Waals surface area (Å²) >= 11 is 0. The van der Waals surface area contributed by atoms with Crippen molar-refractivity contribution in [2.45, 2.75) is 32.1 Å². The Bertz CT molecular complexity index is 737. The zero-order valence-corrected chi connectivity index (χ0v) is 13.6. The van der Waals surface area contributed by atoms with Crippen LogP contribution in [0.2, 0.25) is 0 Å². The number of aromatic nitrogens is 3. The molecule has 1 aliphatic heterocycles. The Balaban J connectivity index is 1.46. The van der Waals surface area contributed by atoms with Gasteiger partial charge in [0.05, 0.1) is 26.0 Å². The van der Waals surface area contributed by atoms with E-state index in [1.54, 1.807) is 11.8 Å². The molecule has 2 aromatic rings. The van der Waals surface area contributed by atoms with Gasteiger partial charge in [-0.1, -0.05) is 17.3 Å². The number of hydrogen-bond donors (Lipinski definition) is 1. The number of methoxy groups -OCH3 is 1. The van der Waals surface area contributed by atoms with E-state index in [2.05, 4.69) is 15.6 Å². The van der Waals surface area contributed by atoms with Crippen molar-refractivity contribution in [3.8, 4) is 5.75 Å². The molecule has 1 aliphatic carbocycles. The second-order valence-electron chi connectivity index (χ2n) is 6.29. The van der Waals surface area contributed by atoms with Gasteiger partial charge in [0.2, 0.25) is 0 Å². The summed E-state index contributed by atoms with van der Waals surface area (Å²) in [7, 11) is 1.64. The molecule has 126 valence electrons. The Labute approximate surface area is 139 Å². The van der Waals surface area contributed by atoms with Crippen molar-refractivity contribution in [1.82, 2.24) is 20.3 Å². The average Bonchev–Trinajstić information content (AvgIpc) is 3.36. The summed E-state index contributed by atoms with van der Waals surface area (Å²) in [5.74, 6) is 1.29. The van der Waals surface area contributed by atoms with E-state index in [9.17, 15) is 4.79 Å². The Morgan fingerprint density at radius 1 is 1.38 bits per heavy atom. The monoisotopic (exact) mass is 328 g/mol. The quantitative estimate of drug-likeness (QED) is 0.904. The molecule has 2 aliphatic rings. The van der Waals surface area contributed by atoms with Crippen LogP contribution in [0.15, 0.2) is 24.3 Å². The number of rotatable bonds is 5. The molecule has 2 heterocycles. The first-order valence-corrected chi connectivity index (χ1v) is 8.20. The summed E-state index contributed by atoms with van der Waals surface area (Å²) in [5.41, 5.74) is 2.17. The van der Waals surface area contributed by atoms with Crippen molar-refractivity contribution in [2.75, 3.05) is 13.7 Å². The van der Waals surface area contributed by atoms with Crippen molar-refractivity contribution < 1.29 is 14.3 Å². The lowest BCUT2D eigenvalue weighted by atomic mass is 10.1. The minimum absolute atomic E-state index is 0.104. The van der Waals surface area contributed by atoms with Gasteiger partial charge in [-0.05, 0) is 36.5 Å². The fourth-order valence-corrected chi connectivity index (χ4v) is 2.85. The number of nitrogens with zero attached hydrogens (tertiary/aromatic N) is 3. The third kappa shape index (κ3) is 2.99. The van der Waals surface area contributed by atoms with Gasteiger partial charge in [-0.2, -0.15) is 0 Å². The number of carbonyl (C=O) groups excluding carboxylic acids is 1. The molecular weight excluding hydrogens is 308 g/mol. The van der Waals surface area contributed by atoms with Gasteiger partial charge in [0.15, 0.2) is 5.69 Å². The van der Waals surface area contributed by atoms with E-state index in [-0.39, 0.29) is 12.0 Å². The standard InChI is InChI=1S/C17H20N4O3/c1-23-13-6-4-12(5-7-13)15-9-21-14(10-24-15)16(19-20-21)17(22)18-8-11-2-3-11/h4-7,11,15H,2-3,8-10H2,1H3,(H,18,22). The fraction of sp³-hybridized carbons (Fsp3) is 0.471. The minimum atomic E-state index is -0.158. The minimum Gasteiger partial charge on any atom is -0.497 e. The zero-order valence-electron chi connectivity index (χ0n) is 13.6. The van der Waals surface area contributed by atoms with Gasteiger partial charge in [0, 0.05) is 6.54 Å². The van der Waals surface area contributed by atoms with Crippen LogP contribution in [0.4, 0.5) is 0 Å². The Morgan fingerprint density at radius 3 is 2.88 bits per heavy atom. The average molecular weight is 328 g/mol. The van der Waals surface area contributed by atoms with Gasteiger partial charge in [-0.3, -0.25) is 4.79 Å². The van der Waals surface area contributed by atoms with Crippen LogP contribution in [0.5, 0.6) is 5.75 Å². The number of carbonyl (C=O) groups is 1. The molecule has 1 amide bonds. The highest BCUT2D eigenvalue weighted by molar-refractivity contribution is 5.93. The van der Waals surface area contributed by atoms with E-state index < -0.39 is 0 Å². The maximum absolute atomic E-state index is 12.2. The number of hydrogen-bond acceptors (Lipinski definition) is 5. The molecule has 0 bridgehead atoms. The number of nitrogens with one attached hydrogen (secondary N) is 1. The molecule has 7 nitrogen and oxygen atoms in total. The third-order valence-electron chi connectivity index (χ3n) is 4.55. The number of fused-ring (bicyclic) bond motifs is 1. The number of ether oxygens (including phenoxy) is 2. The predicted octanol–water partition coefficient (Wildman–Crippen LogP) is 1.70. The summed E-state index contributed by atoms with van der Waals surface area (Å²) in [6.45, 7) is 1.60. The maximum Gasteiger partial charge on any atom is 0.273 e. The van der Waals surface area contributed by atoms with Crippen LogP contribution in [-0.2, 0) is 17.9 Å². The molecule has 1 unspecified atom stereocenters. The summed E-state index contributed by atoms with van der Waals surface area (Å²) in [6.07, 6.45) is 2.30. The lowest BCUT2D eigenvalue weighted by Crippen LogP contribution is -2.28. The fourth-order valence-electron chi connectivity index (χ4n) is 2.85. The van der Waals surface area contributed by atoms with Gasteiger partial charge in [0.1, 0.15) is 11.9 Å². The largest absolute Gasteiger partial charge is 0.497 e. The van der Waals surface area contributed by atoms with Crippen molar-refractivity contribution in [2.24, 2.45) is 5.92 Å². The maximum atomic E-state index is 12.2. The van der Waals surface area contributed by atoms with Gasteiger partial charge >= 0.3 is 0 Å². The summed E-state index contributed by atoms with van der Waals surface area (Å²) in [5, 5.41) is 11.1. The first kappa shape index (κ1) is 15.1. The zero-order chi connectivity index (χ0) is 16.5. The van der Waals surface area contributed by atoms with Crippen LogP contribution in [0, 0.1) is 5.92 Å². The molecule has 1 aromatic heterocycles. The van der Waals surface area contributed by atoms with E-state index in [4.69, 9.17) is 9.47 Å². The Hall–Kier alpha value is -2.41. The van der Waals surface area contributed by atoms with Gasteiger partial charge in [0.25, 0.3) is 5.91 Å². The predicted molar refractivity (Wildman–Crippen MR) is 85.6 cm³/mol. The molecule has 0 radical (unpaired) electrons. The van der Waals surface area contributed by atoms with Gasteiger partial charge in [-0.25, -0.2) is 4.68 Å². The second-order valence-corrected chi connectivity index (χ2v) is 6.29. The molecule has 1 N–H and O–H groups in total. The van der Waals surface area contributed by atoms with E-state index in [1.165, 1.54) is 12.8 Å². The summed E-state index contributed by atoms with van der Waals surface area (Å²) in [6, 6.07) is 7.78. The van der Waals surface area contributed by atoms with Crippen LogP contribution in [-0.4, -0.2) is 34.6 Å². The molecule has 4 rings (SSSR count). The highest BCUT2D eigenvalue weighted by atomic mass is 16.5. The van der Waals surface area contributed by atoms with Crippen LogP contribution in [0.25, 0.3) is 0 Å². The van der Waals surface area contributed by atoms with E-state index in [1.807, 2.05) is 24.3 Å². The van der Waals surface area contributed by atoms with E-state index in [0.29, 0.717) is 24.8 Å².